The molecule has 184 valence electrons. The molecule has 2 aromatic rings. The Morgan fingerprint density at radius 2 is 1.76 bits per heavy atom. The summed E-state index contributed by atoms with van der Waals surface area (Å²) in [7, 11) is 2.44. The first kappa shape index (κ1) is 25.7. The summed E-state index contributed by atoms with van der Waals surface area (Å²) in [5.41, 5.74) is -2.43. The second-order valence-electron chi connectivity index (χ2n) is 8.67. The molecule has 0 N–H and O–H groups in total. The summed E-state index contributed by atoms with van der Waals surface area (Å²) in [4.78, 5) is 42.0. The zero-order valence-electron chi connectivity index (χ0n) is 19.2. The quantitative estimate of drug-likeness (QED) is 0.519. The van der Waals surface area contributed by atoms with E-state index in [4.69, 9.17) is 9.47 Å². The number of alkyl halides is 3. The van der Waals surface area contributed by atoms with E-state index < -0.39 is 47.1 Å². The van der Waals surface area contributed by atoms with Crippen LogP contribution < -0.4 is 0 Å². The van der Waals surface area contributed by atoms with Gasteiger partial charge < -0.3 is 14.4 Å². The molecule has 0 radical (unpaired) electrons. The maximum Gasteiger partial charge on any atom is 0.416 e. The van der Waals surface area contributed by atoms with Crippen LogP contribution in [0, 0.1) is 11.8 Å². The maximum atomic E-state index is 13.9. The van der Waals surface area contributed by atoms with Crippen molar-refractivity contribution in [3.63, 3.8) is 0 Å². The van der Waals surface area contributed by atoms with Gasteiger partial charge in [0, 0.05) is 10.4 Å². The predicted molar refractivity (Wildman–Crippen MR) is 119 cm³/mol. The highest BCUT2D eigenvalue weighted by Crippen LogP contribution is 2.52. The number of hydrogen-bond donors (Lipinski definition) is 0. The molecule has 1 aliphatic rings. The highest BCUT2D eigenvalue weighted by Gasteiger charge is 2.61. The molecule has 1 saturated heterocycles. The molecule has 0 bridgehead atoms. The Morgan fingerprint density at radius 1 is 1.12 bits per heavy atom. The van der Waals surface area contributed by atoms with E-state index in [0.29, 0.717) is 4.88 Å². The normalized spacial score (nSPS) is 22.6. The average Bonchev–Trinajstić information content (AvgIpc) is 3.43. The van der Waals surface area contributed by atoms with E-state index in [9.17, 15) is 27.6 Å². The van der Waals surface area contributed by atoms with Crippen molar-refractivity contribution >= 4 is 29.2 Å². The minimum absolute atomic E-state index is 0.0283. The number of nitrogens with zero attached hydrogens (tertiary/aromatic N) is 1. The first-order chi connectivity index (χ1) is 16.0. The number of halogens is 3. The van der Waals surface area contributed by atoms with Crippen molar-refractivity contribution in [2.24, 2.45) is 11.8 Å². The number of rotatable bonds is 6. The number of carbonyl (C=O) groups is 3. The maximum absolute atomic E-state index is 13.9. The van der Waals surface area contributed by atoms with Gasteiger partial charge in [-0.2, -0.15) is 13.2 Å². The SMILES string of the molecule is COC(=O)[C@@H]1C[C@](CC(C)C)(C(=O)OC)N(C(=O)c2ccc(C(F)(F)F)cc2)[C@@H]1c1cccs1. The smallest absolute Gasteiger partial charge is 0.416 e. The lowest BCUT2D eigenvalue weighted by molar-refractivity contribution is -0.154. The summed E-state index contributed by atoms with van der Waals surface area (Å²) in [5, 5.41) is 1.78. The van der Waals surface area contributed by atoms with E-state index >= 15 is 0 Å². The van der Waals surface area contributed by atoms with Gasteiger partial charge in [-0.15, -0.1) is 11.3 Å². The minimum atomic E-state index is -4.56. The molecule has 3 rings (SSSR count). The fourth-order valence-electron chi connectivity index (χ4n) is 4.74. The van der Waals surface area contributed by atoms with Crippen LogP contribution in [0.15, 0.2) is 41.8 Å². The number of methoxy groups -OCH3 is 2. The van der Waals surface area contributed by atoms with Crippen molar-refractivity contribution in [2.45, 2.75) is 44.4 Å². The second kappa shape index (κ2) is 9.77. The van der Waals surface area contributed by atoms with Crippen LogP contribution in [0.5, 0.6) is 0 Å². The molecular formula is C24H26F3NO5S. The topological polar surface area (TPSA) is 72.9 Å². The van der Waals surface area contributed by atoms with Crippen LogP contribution in [0.2, 0.25) is 0 Å². The van der Waals surface area contributed by atoms with E-state index in [1.165, 1.54) is 30.5 Å². The zero-order chi connectivity index (χ0) is 25.3. The lowest BCUT2D eigenvalue weighted by atomic mass is 9.83. The van der Waals surface area contributed by atoms with Gasteiger partial charge in [0.15, 0.2) is 0 Å². The van der Waals surface area contributed by atoms with Gasteiger partial charge in [0.2, 0.25) is 0 Å². The zero-order valence-corrected chi connectivity index (χ0v) is 20.0. The minimum Gasteiger partial charge on any atom is -0.469 e. The molecule has 0 saturated carbocycles. The molecule has 10 heteroatoms. The summed E-state index contributed by atoms with van der Waals surface area (Å²) >= 11 is 1.31. The number of benzene rings is 1. The molecule has 1 aromatic carbocycles. The summed E-state index contributed by atoms with van der Waals surface area (Å²) in [5.74, 6) is -2.86. The second-order valence-corrected chi connectivity index (χ2v) is 9.64. The molecule has 3 atom stereocenters. The van der Waals surface area contributed by atoms with Crippen LogP contribution in [-0.4, -0.2) is 42.5 Å². The fraction of sp³-hybridized carbons (Fsp3) is 0.458. The lowest BCUT2D eigenvalue weighted by Gasteiger charge is -2.40. The van der Waals surface area contributed by atoms with E-state index in [-0.39, 0.29) is 24.3 Å². The summed E-state index contributed by atoms with van der Waals surface area (Å²) < 4.78 is 49.3. The van der Waals surface area contributed by atoms with E-state index in [0.717, 1.165) is 24.3 Å². The molecule has 1 aliphatic heterocycles. The summed E-state index contributed by atoms with van der Waals surface area (Å²) in [6, 6.07) is 6.48. The third-order valence-electron chi connectivity index (χ3n) is 6.01. The summed E-state index contributed by atoms with van der Waals surface area (Å²) in [6.07, 6.45) is -4.39. The van der Waals surface area contributed by atoms with Crippen molar-refractivity contribution in [1.29, 1.82) is 0 Å². The highest BCUT2D eigenvalue weighted by atomic mass is 32.1. The van der Waals surface area contributed by atoms with Crippen LogP contribution in [0.3, 0.4) is 0 Å². The largest absolute Gasteiger partial charge is 0.469 e. The van der Waals surface area contributed by atoms with Crippen molar-refractivity contribution in [3.05, 3.63) is 57.8 Å². The Bertz CT molecular complexity index is 1040. The Morgan fingerprint density at radius 3 is 2.24 bits per heavy atom. The Balaban J connectivity index is 2.21. The number of hydrogen-bond acceptors (Lipinski definition) is 6. The third-order valence-corrected chi connectivity index (χ3v) is 6.95. The number of ether oxygens (including phenoxy) is 2. The van der Waals surface area contributed by atoms with Crippen molar-refractivity contribution in [2.75, 3.05) is 14.2 Å². The number of amides is 1. The first-order valence-electron chi connectivity index (χ1n) is 10.7. The van der Waals surface area contributed by atoms with Crippen LogP contribution in [-0.2, 0) is 25.2 Å². The van der Waals surface area contributed by atoms with Crippen LogP contribution in [0.4, 0.5) is 13.2 Å². The van der Waals surface area contributed by atoms with Crippen molar-refractivity contribution in [3.8, 4) is 0 Å². The fourth-order valence-corrected chi connectivity index (χ4v) is 5.62. The number of esters is 2. The van der Waals surface area contributed by atoms with Crippen LogP contribution in [0.25, 0.3) is 0 Å². The lowest BCUT2D eigenvalue weighted by Crippen LogP contribution is -2.55. The number of carbonyl (C=O) groups excluding carboxylic acids is 3. The van der Waals surface area contributed by atoms with Gasteiger partial charge in [0.05, 0.1) is 31.7 Å². The van der Waals surface area contributed by atoms with Gasteiger partial charge in [0.1, 0.15) is 5.54 Å². The highest BCUT2D eigenvalue weighted by molar-refractivity contribution is 7.10. The monoisotopic (exact) mass is 497 g/mol. The molecule has 0 spiro atoms. The molecule has 1 fully saturated rings. The summed E-state index contributed by atoms with van der Waals surface area (Å²) in [6.45, 7) is 3.74. The molecule has 1 aromatic heterocycles. The van der Waals surface area contributed by atoms with Gasteiger partial charge >= 0.3 is 18.1 Å². The van der Waals surface area contributed by atoms with E-state index in [2.05, 4.69) is 0 Å². The Hall–Kier alpha value is -2.88. The van der Waals surface area contributed by atoms with E-state index in [1.807, 2.05) is 13.8 Å². The standard InChI is InChI=1S/C24H26F3NO5S/c1-14(2)12-23(22(31)33-4)13-17(21(30)32-3)19(18-6-5-11-34-18)28(23)20(29)15-7-9-16(10-8-15)24(25,26)27/h5-11,14,17,19H,12-13H2,1-4H3/t17-,19+,23-/m1/s1. The van der Waals surface area contributed by atoms with Crippen molar-refractivity contribution < 1.29 is 37.0 Å². The molecule has 34 heavy (non-hydrogen) atoms. The Kier molecular flexibility index (Phi) is 7.40. The van der Waals surface area contributed by atoms with Gasteiger partial charge in [0.25, 0.3) is 5.91 Å². The van der Waals surface area contributed by atoms with Gasteiger partial charge in [-0.1, -0.05) is 19.9 Å². The molecule has 0 aliphatic carbocycles. The molecule has 2 heterocycles. The number of likely N-dealkylation sites (tertiary alicyclic amines) is 1. The Labute approximate surface area is 199 Å². The third kappa shape index (κ3) is 4.68. The van der Waals surface area contributed by atoms with Crippen LogP contribution >= 0.6 is 11.3 Å². The van der Waals surface area contributed by atoms with Gasteiger partial charge in [-0.25, -0.2) is 4.79 Å². The van der Waals surface area contributed by atoms with Gasteiger partial charge in [-0.05, 0) is 54.5 Å². The van der Waals surface area contributed by atoms with Crippen molar-refractivity contribution in [1.82, 2.24) is 4.90 Å². The molecular weight excluding hydrogens is 471 g/mol. The average molecular weight is 498 g/mol. The molecule has 6 nitrogen and oxygen atoms in total. The van der Waals surface area contributed by atoms with Gasteiger partial charge in [-0.3, -0.25) is 9.59 Å². The first-order valence-corrected chi connectivity index (χ1v) is 11.5. The predicted octanol–water partition coefficient (Wildman–Crippen LogP) is 5.10. The molecule has 0 unspecified atom stereocenters. The number of thiophene rings is 1. The van der Waals surface area contributed by atoms with E-state index in [1.54, 1.807) is 17.5 Å². The molecule has 1 amide bonds. The van der Waals surface area contributed by atoms with Crippen LogP contribution in [0.1, 0.15) is 53.5 Å².